The van der Waals surface area contributed by atoms with E-state index in [1.54, 1.807) is 0 Å². The second-order valence-corrected chi connectivity index (χ2v) is 6.85. The van der Waals surface area contributed by atoms with E-state index in [4.69, 9.17) is 0 Å². The minimum absolute atomic E-state index is 0.765. The van der Waals surface area contributed by atoms with Crippen LogP contribution in [0.25, 0.3) is 0 Å². The van der Waals surface area contributed by atoms with Crippen molar-refractivity contribution in [2.45, 2.75) is 76.3 Å². The molecule has 2 rings (SSSR count). The van der Waals surface area contributed by atoms with Gasteiger partial charge in [-0.3, -0.25) is 0 Å². The number of nitrogens with zero attached hydrogens (tertiary/aromatic N) is 2. The molecule has 0 saturated heterocycles. The normalized spacial score (nSPS) is 22.8. The van der Waals surface area contributed by atoms with Gasteiger partial charge in [0.2, 0.25) is 0 Å². The van der Waals surface area contributed by atoms with E-state index in [9.17, 15) is 0 Å². The SMILES string of the molecule is CN(C(=[Se])N(C)C1CCCCC1)C1CCCCC1. The third kappa shape index (κ3) is 3.51. The fraction of sp³-hybridized carbons (Fsp3) is 0.933. The molecule has 0 radical (unpaired) electrons. The third-order valence-electron chi connectivity index (χ3n) is 4.85. The van der Waals surface area contributed by atoms with E-state index in [0.717, 1.165) is 12.1 Å². The molecular weight excluding hydrogens is 287 g/mol. The van der Waals surface area contributed by atoms with Crippen molar-refractivity contribution in [3.8, 4) is 0 Å². The van der Waals surface area contributed by atoms with E-state index in [-0.39, 0.29) is 0 Å². The van der Waals surface area contributed by atoms with Crippen molar-refractivity contribution >= 4 is 20.2 Å². The second kappa shape index (κ2) is 6.96. The van der Waals surface area contributed by atoms with Crippen LogP contribution in [0.1, 0.15) is 64.2 Å². The summed E-state index contributed by atoms with van der Waals surface area (Å²) < 4.78 is 1.37. The van der Waals surface area contributed by atoms with Gasteiger partial charge in [0.1, 0.15) is 0 Å². The Labute approximate surface area is 120 Å². The van der Waals surface area contributed by atoms with E-state index < -0.39 is 0 Å². The van der Waals surface area contributed by atoms with Crippen LogP contribution in [-0.4, -0.2) is 56.2 Å². The van der Waals surface area contributed by atoms with Crippen LogP contribution in [0.5, 0.6) is 0 Å². The predicted octanol–water partition coefficient (Wildman–Crippen LogP) is 2.77. The molecule has 0 aliphatic heterocycles. The van der Waals surface area contributed by atoms with E-state index in [1.165, 1.54) is 68.9 Å². The average molecular weight is 315 g/mol. The second-order valence-electron chi connectivity index (χ2n) is 6.09. The Balaban J connectivity index is 1.87. The van der Waals surface area contributed by atoms with Crippen molar-refractivity contribution in [2.75, 3.05) is 14.1 Å². The third-order valence-corrected chi connectivity index (χ3v) is 6.06. The van der Waals surface area contributed by atoms with Crippen LogP contribution < -0.4 is 0 Å². The molecule has 0 unspecified atom stereocenters. The summed E-state index contributed by atoms with van der Waals surface area (Å²) in [6.07, 6.45) is 14.0. The van der Waals surface area contributed by atoms with Gasteiger partial charge in [-0.1, -0.05) is 0 Å². The van der Waals surface area contributed by atoms with Gasteiger partial charge in [0.15, 0.2) is 0 Å². The van der Waals surface area contributed by atoms with Gasteiger partial charge in [-0.25, -0.2) is 0 Å². The number of hydrogen-bond acceptors (Lipinski definition) is 2. The Morgan fingerprint density at radius 1 is 0.722 bits per heavy atom. The Bertz CT molecular complexity index is 242. The van der Waals surface area contributed by atoms with Crippen molar-refractivity contribution < 1.29 is 0 Å². The molecule has 0 bridgehead atoms. The number of rotatable bonds is 4. The van der Waals surface area contributed by atoms with Crippen LogP contribution >= 0.6 is 0 Å². The van der Waals surface area contributed by atoms with Crippen LogP contribution in [0, 0.1) is 0 Å². The average Bonchev–Trinajstić information content (AvgIpc) is 2.47. The molecule has 0 aromatic heterocycles. The first-order valence-corrected chi connectivity index (χ1v) is 8.55. The van der Waals surface area contributed by atoms with Crippen LogP contribution in [0.2, 0.25) is 0 Å². The Kier molecular flexibility index (Phi) is 5.56. The molecule has 0 heterocycles. The van der Waals surface area contributed by atoms with Crippen molar-refractivity contribution in [1.82, 2.24) is 9.80 Å². The van der Waals surface area contributed by atoms with Gasteiger partial charge in [-0.15, -0.1) is 0 Å². The predicted molar refractivity (Wildman–Crippen MR) is 80.0 cm³/mol. The van der Waals surface area contributed by atoms with Gasteiger partial charge in [0.25, 0.3) is 0 Å². The standard InChI is InChI=1S/C15H28N2Se/c1-16(13-9-5-3-6-10-13)15(18)17(2)14-11-7-4-8-12-14/h13-14H,3-12H2,1-2H3. The maximum atomic E-state index is 3.34. The van der Waals surface area contributed by atoms with Crippen molar-refractivity contribution in [3.63, 3.8) is 0 Å². The molecule has 2 aliphatic rings. The molecule has 0 aromatic rings. The Morgan fingerprint density at radius 3 is 1.39 bits per heavy atom. The van der Waals surface area contributed by atoms with Gasteiger partial charge in [-0.05, 0) is 0 Å². The quantitative estimate of drug-likeness (QED) is 0.736. The Morgan fingerprint density at radius 2 is 1.06 bits per heavy atom. The summed E-state index contributed by atoms with van der Waals surface area (Å²) in [6.45, 7) is 0. The van der Waals surface area contributed by atoms with Crippen LogP contribution in [0.3, 0.4) is 0 Å². The van der Waals surface area contributed by atoms with Crippen LogP contribution in [0.15, 0.2) is 0 Å². The van der Waals surface area contributed by atoms with Crippen molar-refractivity contribution in [2.24, 2.45) is 0 Å². The monoisotopic (exact) mass is 316 g/mol. The maximum absolute atomic E-state index is 3.34. The van der Waals surface area contributed by atoms with E-state index in [2.05, 4.69) is 39.5 Å². The molecule has 2 aliphatic carbocycles. The molecule has 0 amide bonds. The fourth-order valence-corrected chi connectivity index (χ4v) is 4.12. The summed E-state index contributed by atoms with van der Waals surface area (Å²) in [4.78, 5) is 5.02. The van der Waals surface area contributed by atoms with Gasteiger partial charge < -0.3 is 0 Å². The van der Waals surface area contributed by atoms with Crippen LogP contribution in [0.4, 0.5) is 0 Å². The van der Waals surface area contributed by atoms with Crippen molar-refractivity contribution in [1.29, 1.82) is 0 Å². The summed E-state index contributed by atoms with van der Waals surface area (Å²) in [7, 11) is 4.56. The minimum atomic E-state index is 0.765. The molecule has 18 heavy (non-hydrogen) atoms. The number of hydrogen-bond donors (Lipinski definition) is 0. The first-order chi connectivity index (χ1) is 8.70. The molecule has 2 fully saturated rings. The molecule has 104 valence electrons. The topological polar surface area (TPSA) is 6.48 Å². The molecule has 2 saturated carbocycles. The van der Waals surface area contributed by atoms with Gasteiger partial charge in [0, 0.05) is 0 Å². The first-order valence-electron chi connectivity index (χ1n) is 7.70. The molecule has 3 heteroatoms. The summed E-state index contributed by atoms with van der Waals surface area (Å²) >= 11 is 3.34. The first kappa shape index (κ1) is 14.4. The molecule has 2 nitrogen and oxygen atoms in total. The fourth-order valence-electron chi connectivity index (χ4n) is 3.50. The Hall–Kier alpha value is -0.0105. The zero-order valence-corrected chi connectivity index (χ0v) is 13.7. The summed E-state index contributed by atoms with van der Waals surface area (Å²) in [5.41, 5.74) is 0. The van der Waals surface area contributed by atoms with E-state index >= 15 is 0 Å². The van der Waals surface area contributed by atoms with Gasteiger partial charge in [0.05, 0.1) is 0 Å². The van der Waals surface area contributed by atoms with E-state index in [0.29, 0.717) is 0 Å². The summed E-state index contributed by atoms with van der Waals surface area (Å²) in [6, 6.07) is 1.53. The van der Waals surface area contributed by atoms with Crippen molar-refractivity contribution in [3.05, 3.63) is 0 Å². The molecule has 0 atom stereocenters. The molecular formula is C15H28N2Se. The zero-order valence-electron chi connectivity index (χ0n) is 12.0. The molecule has 0 spiro atoms. The van der Waals surface area contributed by atoms with Gasteiger partial charge in [-0.2, -0.15) is 0 Å². The summed E-state index contributed by atoms with van der Waals surface area (Å²) in [5, 5.41) is 0. The van der Waals surface area contributed by atoms with Gasteiger partial charge >= 0.3 is 120 Å². The molecule has 0 N–H and O–H groups in total. The summed E-state index contributed by atoms with van der Waals surface area (Å²) in [5.74, 6) is 0. The zero-order chi connectivity index (χ0) is 13.0. The molecule has 0 aromatic carbocycles. The van der Waals surface area contributed by atoms with Crippen LogP contribution in [-0.2, 0) is 0 Å². The van der Waals surface area contributed by atoms with E-state index in [1.807, 2.05) is 0 Å².